The summed E-state index contributed by atoms with van der Waals surface area (Å²) in [5.41, 5.74) is 1.54. The number of aryl methyl sites for hydroxylation is 1. The second-order valence-electron chi connectivity index (χ2n) is 6.63. The van der Waals surface area contributed by atoms with E-state index < -0.39 is 29.1 Å². The van der Waals surface area contributed by atoms with Crippen molar-refractivity contribution in [2.45, 2.75) is 20.1 Å². The number of aromatic nitrogens is 1. The highest BCUT2D eigenvalue weighted by Gasteiger charge is 2.22. The van der Waals surface area contributed by atoms with E-state index in [4.69, 9.17) is 5.26 Å². The number of rotatable bonds is 9. The minimum atomic E-state index is -3.00. The molecule has 172 valence electrons. The van der Waals surface area contributed by atoms with E-state index in [1.54, 1.807) is 54.3 Å². The number of nitrogens with one attached hydrogen (secondary N) is 1. The van der Waals surface area contributed by atoms with Crippen LogP contribution in [-0.4, -0.2) is 31.8 Å². The van der Waals surface area contributed by atoms with Crippen molar-refractivity contribution in [2.24, 2.45) is 0 Å². The van der Waals surface area contributed by atoms with Crippen LogP contribution in [0, 0.1) is 18.3 Å². The lowest BCUT2D eigenvalue weighted by atomic mass is 10.1. The fourth-order valence-corrected chi connectivity index (χ4v) is 4.13. The fraction of sp³-hybridized carbons (Fsp3) is 0.190. The van der Waals surface area contributed by atoms with Crippen molar-refractivity contribution in [1.82, 2.24) is 10.3 Å². The monoisotopic (exact) mass is 492 g/mol. The molecule has 0 fully saturated rings. The van der Waals surface area contributed by atoms with Crippen LogP contribution in [0.4, 0.5) is 19.6 Å². The zero-order valence-electron chi connectivity index (χ0n) is 17.2. The second kappa shape index (κ2) is 10.8. The minimum Gasteiger partial charge on any atom is -0.434 e. The van der Waals surface area contributed by atoms with E-state index in [9.17, 15) is 22.0 Å². The number of carbonyl (C=O) groups excluding carboxylic acids is 1. The zero-order valence-corrected chi connectivity index (χ0v) is 18.9. The van der Waals surface area contributed by atoms with E-state index >= 15 is 0 Å². The summed E-state index contributed by atoms with van der Waals surface area (Å²) in [6.07, 6.45) is 0. The number of carbonyl (C=O) groups is 1. The van der Waals surface area contributed by atoms with Crippen molar-refractivity contribution in [1.29, 1.82) is 5.26 Å². The Morgan fingerprint density at radius 1 is 1.24 bits per heavy atom. The number of thiazole rings is 1. The highest BCUT2D eigenvalue weighted by molar-refractivity contribution is 7.72. The van der Waals surface area contributed by atoms with Gasteiger partial charge in [-0.2, -0.15) is 14.0 Å². The summed E-state index contributed by atoms with van der Waals surface area (Å²) >= 11 is 1.18. The molecular weight excluding hydrogens is 474 g/mol. The van der Waals surface area contributed by atoms with Gasteiger partial charge in [-0.25, -0.2) is 13.4 Å². The van der Waals surface area contributed by atoms with Crippen LogP contribution in [0.15, 0.2) is 48.5 Å². The molecule has 8 nitrogen and oxygen atoms in total. The molecule has 1 aromatic heterocycles. The predicted molar refractivity (Wildman–Crippen MR) is 120 cm³/mol. The molecule has 1 heterocycles. The van der Waals surface area contributed by atoms with Crippen LogP contribution in [0.5, 0.6) is 5.75 Å². The first-order chi connectivity index (χ1) is 15.8. The summed E-state index contributed by atoms with van der Waals surface area (Å²) in [4.78, 5) is 19.0. The number of para-hydroxylation sites is 1. The molecule has 0 atom stereocenters. The number of nitrogens with zero attached hydrogens (tertiary/aromatic N) is 3. The van der Waals surface area contributed by atoms with E-state index in [-0.39, 0.29) is 18.0 Å². The van der Waals surface area contributed by atoms with E-state index in [0.717, 1.165) is 0 Å². The van der Waals surface area contributed by atoms with Gasteiger partial charge in [0.25, 0.3) is 5.91 Å². The van der Waals surface area contributed by atoms with Gasteiger partial charge in [0.05, 0.1) is 18.2 Å². The molecular formula is C21H18F2N4O4S2. The maximum atomic E-state index is 12.9. The third-order valence-corrected chi connectivity index (χ3v) is 5.84. The number of anilines is 2. The maximum Gasteiger partial charge on any atom is 0.387 e. The molecule has 0 radical (unpaired) electrons. The molecule has 3 aromatic rings. The van der Waals surface area contributed by atoms with Crippen molar-refractivity contribution in [2.75, 3.05) is 10.8 Å². The van der Waals surface area contributed by atoms with Crippen molar-refractivity contribution < 1.29 is 26.7 Å². The number of amides is 1. The average molecular weight is 493 g/mol. The molecule has 0 saturated heterocycles. The molecule has 2 aromatic carbocycles. The molecule has 1 amide bonds. The predicted octanol–water partition coefficient (Wildman–Crippen LogP) is 3.56. The van der Waals surface area contributed by atoms with Gasteiger partial charge in [0.15, 0.2) is 15.8 Å². The molecule has 0 spiro atoms. The second-order valence-corrected chi connectivity index (χ2v) is 8.79. The fourth-order valence-electron chi connectivity index (χ4n) is 2.93. The molecule has 33 heavy (non-hydrogen) atoms. The van der Waals surface area contributed by atoms with Gasteiger partial charge in [0.1, 0.15) is 17.3 Å². The number of hydrogen-bond acceptors (Lipinski definition) is 8. The number of benzene rings is 2. The summed E-state index contributed by atoms with van der Waals surface area (Å²) in [7, 11) is -2.79. The lowest BCUT2D eigenvalue weighted by Gasteiger charge is -2.23. The third kappa shape index (κ3) is 6.24. The van der Waals surface area contributed by atoms with Gasteiger partial charge in [-0.1, -0.05) is 18.2 Å². The molecule has 1 N–H and O–H groups in total. The van der Waals surface area contributed by atoms with Gasteiger partial charge in [0.2, 0.25) is 0 Å². The number of halogens is 2. The van der Waals surface area contributed by atoms with Crippen LogP contribution >= 0.6 is 11.3 Å². The van der Waals surface area contributed by atoms with Gasteiger partial charge in [-0.05, 0) is 37.3 Å². The highest BCUT2D eigenvalue weighted by Crippen LogP contribution is 2.35. The standard InChI is InChI=1S/C21H18F2N4O4S2/c1-13-18(19(28)25-12-33(29)30)26-21(32-13)27(16-8-6-14(10-24)7-9-16)11-15-4-2-3-5-17(15)31-20(22)23/h2-9,20,33H,11-12H2,1H3,(H,25,28). The summed E-state index contributed by atoms with van der Waals surface area (Å²) in [6, 6.07) is 14.9. The van der Waals surface area contributed by atoms with Crippen LogP contribution in [0.2, 0.25) is 0 Å². The van der Waals surface area contributed by atoms with Gasteiger partial charge < -0.3 is 15.0 Å². The molecule has 0 aliphatic rings. The minimum absolute atomic E-state index is 0.00311. The molecule has 0 saturated carbocycles. The Kier molecular flexibility index (Phi) is 7.92. The van der Waals surface area contributed by atoms with E-state index in [1.807, 2.05) is 6.07 Å². The van der Waals surface area contributed by atoms with Gasteiger partial charge >= 0.3 is 6.61 Å². The van der Waals surface area contributed by atoms with Crippen LogP contribution in [0.3, 0.4) is 0 Å². The van der Waals surface area contributed by atoms with Gasteiger partial charge in [0, 0.05) is 16.1 Å². The Balaban J connectivity index is 2.01. The van der Waals surface area contributed by atoms with Crippen LogP contribution in [0.1, 0.15) is 26.5 Å². The highest BCUT2D eigenvalue weighted by atomic mass is 32.2. The average Bonchev–Trinajstić information content (AvgIpc) is 3.18. The number of nitriles is 1. The smallest absolute Gasteiger partial charge is 0.387 e. The van der Waals surface area contributed by atoms with E-state index in [0.29, 0.717) is 26.8 Å². The largest absolute Gasteiger partial charge is 0.434 e. The van der Waals surface area contributed by atoms with E-state index in [2.05, 4.69) is 15.0 Å². The van der Waals surface area contributed by atoms with Gasteiger partial charge in [-0.15, -0.1) is 11.3 Å². The molecule has 3 rings (SSSR count). The summed E-state index contributed by atoms with van der Waals surface area (Å²) in [5.74, 6) is -1.16. The molecule has 0 bridgehead atoms. The molecule has 0 aliphatic heterocycles. The first-order valence-electron chi connectivity index (χ1n) is 9.46. The number of alkyl halides is 2. The number of hydrogen-bond donors (Lipinski definition) is 2. The quantitative estimate of drug-likeness (QED) is 0.439. The third-order valence-electron chi connectivity index (χ3n) is 4.43. The van der Waals surface area contributed by atoms with Crippen LogP contribution in [-0.2, 0) is 17.2 Å². The summed E-state index contributed by atoms with van der Waals surface area (Å²) < 4.78 is 52.0. The lowest BCUT2D eigenvalue weighted by molar-refractivity contribution is -0.0504. The van der Waals surface area contributed by atoms with E-state index in [1.165, 1.54) is 17.4 Å². The van der Waals surface area contributed by atoms with Crippen molar-refractivity contribution >= 4 is 38.8 Å². The Morgan fingerprint density at radius 3 is 2.58 bits per heavy atom. The number of ether oxygens (including phenoxy) is 1. The van der Waals surface area contributed by atoms with Crippen molar-refractivity contribution in [3.63, 3.8) is 0 Å². The molecule has 12 heteroatoms. The van der Waals surface area contributed by atoms with Crippen molar-refractivity contribution in [3.05, 3.63) is 70.2 Å². The Hall–Kier alpha value is -3.56. The first-order valence-corrected chi connectivity index (χ1v) is 11.6. The Bertz CT molecular complexity index is 1250. The normalized spacial score (nSPS) is 10.8. The Labute approximate surface area is 194 Å². The zero-order chi connectivity index (χ0) is 24.0. The van der Waals surface area contributed by atoms with Crippen LogP contribution < -0.4 is 15.0 Å². The molecule has 0 aliphatic carbocycles. The topological polar surface area (TPSA) is 112 Å². The molecule has 0 unspecified atom stereocenters. The SMILES string of the molecule is Cc1sc(N(Cc2ccccc2OC(F)F)c2ccc(C#N)cc2)nc1C(=O)NC[SH](=O)=O. The first kappa shape index (κ1) is 24.1. The lowest BCUT2D eigenvalue weighted by Crippen LogP contribution is -2.26. The van der Waals surface area contributed by atoms with Crippen LogP contribution in [0.25, 0.3) is 0 Å². The number of thiol groups is 1. The summed E-state index contributed by atoms with van der Waals surface area (Å²) in [5, 5.41) is 11.7. The van der Waals surface area contributed by atoms with Gasteiger partial charge in [-0.3, -0.25) is 4.79 Å². The summed E-state index contributed by atoms with van der Waals surface area (Å²) in [6.45, 7) is -1.26. The van der Waals surface area contributed by atoms with Crippen molar-refractivity contribution in [3.8, 4) is 11.8 Å². The Morgan fingerprint density at radius 2 is 1.94 bits per heavy atom. The maximum absolute atomic E-state index is 12.9.